The Bertz CT molecular complexity index is 1610. The van der Waals surface area contributed by atoms with Gasteiger partial charge in [-0.2, -0.15) is 13.2 Å². The second-order valence-electron chi connectivity index (χ2n) is 9.07. The largest absolute Gasteiger partial charge is 0.416 e. The van der Waals surface area contributed by atoms with Gasteiger partial charge in [0.2, 0.25) is 16.0 Å². The van der Waals surface area contributed by atoms with Gasteiger partial charge in [-0.1, -0.05) is 18.2 Å². The summed E-state index contributed by atoms with van der Waals surface area (Å²) in [6.07, 6.45) is -2.65. The molecule has 1 aromatic heterocycles. The SMILES string of the molecule is NS(=O)(=O)c1ccc(Nc2nc3cc(C(=O)N4CCCC4)ccc3n2Cc2ccccc2C(F)(F)F)cc1. The molecule has 38 heavy (non-hydrogen) atoms. The van der Waals surface area contributed by atoms with E-state index in [2.05, 4.69) is 10.3 Å². The minimum atomic E-state index is -4.54. The van der Waals surface area contributed by atoms with Crippen molar-refractivity contribution in [1.82, 2.24) is 14.5 Å². The van der Waals surface area contributed by atoms with Crippen LogP contribution in [-0.2, 0) is 22.7 Å². The molecule has 1 aliphatic heterocycles. The van der Waals surface area contributed by atoms with Gasteiger partial charge < -0.3 is 14.8 Å². The summed E-state index contributed by atoms with van der Waals surface area (Å²) in [5.74, 6) is 0.112. The van der Waals surface area contributed by atoms with E-state index in [1.165, 1.54) is 42.5 Å². The Morgan fingerprint density at radius 3 is 2.34 bits per heavy atom. The lowest BCUT2D eigenvalue weighted by atomic mass is 10.1. The van der Waals surface area contributed by atoms with Crippen LogP contribution in [0.4, 0.5) is 24.8 Å². The van der Waals surface area contributed by atoms with Crippen LogP contribution in [0.2, 0.25) is 0 Å². The first-order chi connectivity index (χ1) is 18.0. The van der Waals surface area contributed by atoms with E-state index in [-0.39, 0.29) is 28.9 Å². The zero-order valence-corrected chi connectivity index (χ0v) is 20.9. The molecule has 0 atom stereocenters. The number of rotatable bonds is 6. The third-order valence-electron chi connectivity index (χ3n) is 6.48. The molecule has 4 aromatic rings. The number of nitrogens with one attached hydrogen (secondary N) is 1. The zero-order chi connectivity index (χ0) is 27.1. The van der Waals surface area contributed by atoms with E-state index in [0.717, 1.165) is 18.9 Å². The molecule has 8 nitrogen and oxygen atoms in total. The number of halogens is 3. The maximum atomic E-state index is 13.7. The number of likely N-dealkylation sites (tertiary alicyclic amines) is 1. The third-order valence-corrected chi connectivity index (χ3v) is 7.41. The van der Waals surface area contributed by atoms with E-state index < -0.39 is 21.8 Å². The van der Waals surface area contributed by atoms with Crippen LogP contribution in [0, 0.1) is 0 Å². The normalized spacial score (nSPS) is 14.3. The number of alkyl halides is 3. The predicted octanol–water partition coefficient (Wildman–Crippen LogP) is 4.73. The predicted molar refractivity (Wildman–Crippen MR) is 137 cm³/mol. The molecule has 1 aliphatic rings. The summed E-state index contributed by atoms with van der Waals surface area (Å²) >= 11 is 0. The average molecular weight is 544 g/mol. The van der Waals surface area contributed by atoms with Crippen LogP contribution in [0.15, 0.2) is 71.6 Å². The number of carbonyl (C=O) groups excluding carboxylic acids is 1. The Morgan fingerprint density at radius 2 is 1.68 bits per heavy atom. The summed E-state index contributed by atoms with van der Waals surface area (Å²) in [6, 6.07) is 15.9. The molecule has 3 aromatic carbocycles. The van der Waals surface area contributed by atoms with Gasteiger partial charge in [0.15, 0.2) is 0 Å². The highest BCUT2D eigenvalue weighted by atomic mass is 32.2. The highest BCUT2D eigenvalue weighted by molar-refractivity contribution is 7.89. The number of aromatic nitrogens is 2. The highest BCUT2D eigenvalue weighted by Crippen LogP contribution is 2.34. The zero-order valence-electron chi connectivity index (χ0n) is 20.1. The maximum Gasteiger partial charge on any atom is 0.416 e. The second-order valence-corrected chi connectivity index (χ2v) is 10.6. The van der Waals surface area contributed by atoms with Crippen molar-refractivity contribution in [2.24, 2.45) is 5.14 Å². The standard InChI is InChI=1S/C26H24F3N5O3S/c27-26(28,29)21-6-2-1-5-18(21)16-34-23-12-7-17(24(35)33-13-3-4-14-33)15-22(23)32-25(34)31-19-8-10-20(11-9-19)38(30,36)37/h1-2,5-12,15H,3-4,13-14,16H2,(H,31,32)(H2,30,36,37). The van der Waals surface area contributed by atoms with Crippen molar-refractivity contribution in [3.63, 3.8) is 0 Å². The van der Waals surface area contributed by atoms with Crippen LogP contribution < -0.4 is 10.5 Å². The lowest BCUT2D eigenvalue weighted by Gasteiger charge is -2.16. The molecule has 0 radical (unpaired) electrons. The number of benzene rings is 3. The van der Waals surface area contributed by atoms with E-state index in [1.54, 1.807) is 27.7 Å². The van der Waals surface area contributed by atoms with Gasteiger partial charge in [-0.3, -0.25) is 4.79 Å². The molecular formula is C26H24F3N5O3S. The Balaban J connectivity index is 1.57. The first-order valence-electron chi connectivity index (χ1n) is 11.9. The molecule has 0 spiro atoms. The lowest BCUT2D eigenvalue weighted by molar-refractivity contribution is -0.138. The monoisotopic (exact) mass is 543 g/mol. The van der Waals surface area contributed by atoms with Gasteiger partial charge in [0.25, 0.3) is 5.91 Å². The average Bonchev–Trinajstić information content (AvgIpc) is 3.52. The summed E-state index contributed by atoms with van der Waals surface area (Å²) in [7, 11) is -3.89. The van der Waals surface area contributed by atoms with E-state index in [0.29, 0.717) is 35.4 Å². The third kappa shape index (κ3) is 5.22. The van der Waals surface area contributed by atoms with Crippen molar-refractivity contribution >= 4 is 38.6 Å². The van der Waals surface area contributed by atoms with Gasteiger partial charge in [-0.05, 0) is 66.9 Å². The van der Waals surface area contributed by atoms with Crippen molar-refractivity contribution in [1.29, 1.82) is 0 Å². The fourth-order valence-corrected chi connectivity index (χ4v) is 5.10. The Labute approximate surface area is 216 Å². The number of sulfonamides is 1. The number of nitrogens with zero attached hydrogens (tertiary/aromatic N) is 3. The van der Waals surface area contributed by atoms with Gasteiger partial charge in [-0.25, -0.2) is 18.5 Å². The van der Waals surface area contributed by atoms with Gasteiger partial charge in [0.05, 0.1) is 28.0 Å². The summed E-state index contributed by atoms with van der Waals surface area (Å²) < 4.78 is 65.9. The molecule has 1 amide bonds. The summed E-state index contributed by atoms with van der Waals surface area (Å²) in [4.78, 5) is 19.2. The number of anilines is 2. The van der Waals surface area contributed by atoms with Gasteiger partial charge in [-0.15, -0.1) is 0 Å². The Morgan fingerprint density at radius 1 is 1.00 bits per heavy atom. The molecule has 0 unspecified atom stereocenters. The molecule has 12 heteroatoms. The van der Waals surface area contributed by atoms with E-state index >= 15 is 0 Å². The molecule has 198 valence electrons. The molecule has 1 saturated heterocycles. The summed E-state index contributed by atoms with van der Waals surface area (Å²) in [5, 5.41) is 8.23. The van der Waals surface area contributed by atoms with Crippen LogP contribution in [0.3, 0.4) is 0 Å². The van der Waals surface area contributed by atoms with Crippen molar-refractivity contribution in [3.05, 3.63) is 83.4 Å². The molecule has 0 saturated carbocycles. The number of primary sulfonamides is 1. The number of hydrogen-bond donors (Lipinski definition) is 2. The number of imidazole rings is 1. The molecule has 1 fully saturated rings. The number of fused-ring (bicyclic) bond motifs is 1. The van der Waals surface area contributed by atoms with Gasteiger partial charge >= 0.3 is 6.18 Å². The fraction of sp³-hybridized carbons (Fsp3) is 0.231. The Hall–Kier alpha value is -3.90. The highest BCUT2D eigenvalue weighted by Gasteiger charge is 2.33. The first kappa shape index (κ1) is 25.7. The van der Waals surface area contributed by atoms with Crippen molar-refractivity contribution < 1.29 is 26.4 Å². The number of hydrogen-bond acceptors (Lipinski definition) is 5. The lowest BCUT2D eigenvalue weighted by Crippen LogP contribution is -2.27. The smallest absolute Gasteiger partial charge is 0.339 e. The number of carbonyl (C=O) groups is 1. The Kier molecular flexibility index (Phi) is 6.61. The molecule has 0 bridgehead atoms. The van der Waals surface area contributed by atoms with E-state index in [4.69, 9.17) is 5.14 Å². The van der Waals surface area contributed by atoms with Crippen molar-refractivity contribution in [2.75, 3.05) is 18.4 Å². The summed E-state index contributed by atoms with van der Waals surface area (Å²) in [5.41, 5.74) is 1.15. The van der Waals surface area contributed by atoms with Crippen LogP contribution in [-0.4, -0.2) is 41.9 Å². The number of nitrogens with two attached hydrogens (primary N) is 1. The number of amides is 1. The summed E-state index contributed by atoms with van der Waals surface area (Å²) in [6.45, 7) is 1.21. The van der Waals surface area contributed by atoms with Crippen LogP contribution in [0.25, 0.3) is 11.0 Å². The molecular weight excluding hydrogens is 519 g/mol. The topological polar surface area (TPSA) is 110 Å². The fourth-order valence-electron chi connectivity index (χ4n) is 4.58. The van der Waals surface area contributed by atoms with Crippen LogP contribution >= 0.6 is 0 Å². The molecule has 3 N–H and O–H groups in total. The molecule has 2 heterocycles. The van der Waals surface area contributed by atoms with Crippen molar-refractivity contribution in [3.8, 4) is 0 Å². The van der Waals surface area contributed by atoms with E-state index in [9.17, 15) is 26.4 Å². The minimum Gasteiger partial charge on any atom is -0.339 e. The van der Waals surface area contributed by atoms with Crippen LogP contribution in [0.5, 0.6) is 0 Å². The van der Waals surface area contributed by atoms with E-state index in [1.807, 2.05) is 0 Å². The quantitative estimate of drug-likeness (QED) is 0.365. The minimum absolute atomic E-state index is 0.0455. The second kappa shape index (κ2) is 9.76. The van der Waals surface area contributed by atoms with Crippen molar-refractivity contribution in [2.45, 2.75) is 30.5 Å². The van der Waals surface area contributed by atoms with Gasteiger partial charge in [0.1, 0.15) is 0 Å². The van der Waals surface area contributed by atoms with Gasteiger partial charge in [0, 0.05) is 24.3 Å². The molecule has 0 aliphatic carbocycles. The van der Waals surface area contributed by atoms with Crippen LogP contribution in [0.1, 0.15) is 34.3 Å². The molecule has 5 rings (SSSR count). The first-order valence-corrected chi connectivity index (χ1v) is 13.4. The maximum absolute atomic E-state index is 13.7.